The second kappa shape index (κ2) is 13.5. The van der Waals surface area contributed by atoms with E-state index in [0.717, 1.165) is 39.1 Å². The van der Waals surface area contributed by atoms with Gasteiger partial charge in [-0.3, -0.25) is 4.79 Å². The normalized spacial score (nSPS) is 14.4. The monoisotopic (exact) mass is 637 g/mol. The SMILES string of the molecule is Cc1cc(OCCCS(C)(=O)=O)cc(C)c1-c1cccc(COc2ccc(C3(CC(=O)O)CN(C(=O)OC(C)(C)C)C3)cc2)c1. The molecule has 4 rings (SSSR count). The van der Waals surface area contributed by atoms with E-state index in [1.807, 2.05) is 62.4 Å². The molecule has 1 N–H and O–H groups in total. The third-order valence-electron chi connectivity index (χ3n) is 7.65. The fourth-order valence-corrected chi connectivity index (χ4v) is 6.33. The number of carbonyl (C=O) groups excluding carboxylic acids is 1. The first-order chi connectivity index (χ1) is 21.0. The molecule has 10 heteroatoms. The predicted octanol–water partition coefficient (Wildman–Crippen LogP) is 6.33. The highest BCUT2D eigenvalue weighted by atomic mass is 32.2. The van der Waals surface area contributed by atoms with Crippen LogP contribution in [0.4, 0.5) is 4.79 Å². The number of hydrogen-bond acceptors (Lipinski definition) is 7. The fraction of sp³-hybridized carbons (Fsp3) is 0.429. The fourth-order valence-electron chi connectivity index (χ4n) is 5.69. The molecule has 1 heterocycles. The average molecular weight is 638 g/mol. The first-order valence-corrected chi connectivity index (χ1v) is 17.0. The van der Waals surface area contributed by atoms with Gasteiger partial charge in [-0.25, -0.2) is 13.2 Å². The molecular weight excluding hydrogens is 594 g/mol. The molecule has 3 aromatic carbocycles. The minimum atomic E-state index is -3.01. The maximum atomic E-state index is 12.5. The molecule has 45 heavy (non-hydrogen) atoms. The summed E-state index contributed by atoms with van der Waals surface area (Å²) in [7, 11) is -3.01. The Balaban J connectivity index is 1.39. The van der Waals surface area contributed by atoms with Crippen molar-refractivity contribution in [2.75, 3.05) is 31.7 Å². The highest BCUT2D eigenvalue weighted by molar-refractivity contribution is 7.90. The number of carboxylic acids is 1. The Morgan fingerprint density at radius 1 is 0.933 bits per heavy atom. The van der Waals surface area contributed by atoms with Crippen molar-refractivity contribution in [3.05, 3.63) is 82.9 Å². The van der Waals surface area contributed by atoms with Crippen molar-refractivity contribution in [1.29, 1.82) is 0 Å². The van der Waals surface area contributed by atoms with E-state index < -0.39 is 32.9 Å². The lowest BCUT2D eigenvalue weighted by Gasteiger charge is -2.49. The number of carbonyl (C=O) groups is 2. The maximum absolute atomic E-state index is 12.5. The number of likely N-dealkylation sites (tertiary alicyclic amines) is 1. The van der Waals surface area contributed by atoms with E-state index in [1.165, 1.54) is 11.2 Å². The van der Waals surface area contributed by atoms with Crippen LogP contribution in [0, 0.1) is 13.8 Å². The summed E-state index contributed by atoms with van der Waals surface area (Å²) in [5, 5.41) is 9.59. The largest absolute Gasteiger partial charge is 0.494 e. The van der Waals surface area contributed by atoms with E-state index in [0.29, 0.717) is 25.4 Å². The lowest BCUT2D eigenvalue weighted by molar-refractivity contribution is -0.140. The van der Waals surface area contributed by atoms with E-state index in [9.17, 15) is 23.1 Å². The summed E-state index contributed by atoms with van der Waals surface area (Å²) in [6.45, 7) is 10.7. The lowest BCUT2D eigenvalue weighted by Crippen LogP contribution is -2.62. The van der Waals surface area contributed by atoms with E-state index in [4.69, 9.17) is 14.2 Å². The molecule has 1 fully saturated rings. The van der Waals surface area contributed by atoms with Crippen LogP contribution in [-0.2, 0) is 31.4 Å². The zero-order chi connectivity index (χ0) is 33.0. The molecule has 242 valence electrons. The maximum Gasteiger partial charge on any atom is 0.410 e. The Hall–Kier alpha value is -4.05. The van der Waals surface area contributed by atoms with Crippen LogP contribution in [0.2, 0.25) is 0 Å². The highest BCUT2D eigenvalue weighted by Gasteiger charge is 2.49. The highest BCUT2D eigenvalue weighted by Crippen LogP contribution is 2.39. The molecule has 1 saturated heterocycles. The Morgan fingerprint density at radius 3 is 2.16 bits per heavy atom. The predicted molar refractivity (Wildman–Crippen MR) is 174 cm³/mol. The molecule has 1 aliphatic heterocycles. The second-order valence-electron chi connectivity index (χ2n) is 13.0. The Bertz CT molecular complexity index is 1610. The first kappa shape index (κ1) is 33.8. The number of benzene rings is 3. The van der Waals surface area contributed by atoms with Crippen molar-refractivity contribution in [2.24, 2.45) is 0 Å². The molecule has 9 nitrogen and oxygen atoms in total. The standard InChI is InChI=1S/C35H43NO8S/c1-24-17-30(42-15-8-16-45(6,40)41)18-25(2)32(24)27-10-7-9-26(19-27)21-43-29-13-11-28(12-14-29)35(20-31(37)38)22-36(23-35)33(39)44-34(3,4)5/h7,9-14,17-19H,8,15-16,20-23H2,1-6H3,(H,37,38). The Labute approximate surface area is 266 Å². The number of ether oxygens (including phenoxy) is 3. The van der Waals surface area contributed by atoms with Gasteiger partial charge < -0.3 is 24.2 Å². The minimum Gasteiger partial charge on any atom is -0.494 e. The molecule has 0 aromatic heterocycles. The topological polar surface area (TPSA) is 119 Å². The molecule has 0 saturated carbocycles. The third-order valence-corrected chi connectivity index (χ3v) is 8.68. The van der Waals surface area contributed by atoms with Crippen LogP contribution in [0.1, 0.15) is 55.9 Å². The van der Waals surface area contributed by atoms with Crippen molar-refractivity contribution in [3.8, 4) is 22.6 Å². The van der Waals surface area contributed by atoms with Gasteiger partial charge in [-0.15, -0.1) is 0 Å². The summed E-state index contributed by atoms with van der Waals surface area (Å²) in [4.78, 5) is 25.7. The molecule has 1 amide bonds. The summed E-state index contributed by atoms with van der Waals surface area (Å²) in [6.07, 6.45) is 1.14. The molecule has 0 radical (unpaired) electrons. The van der Waals surface area contributed by atoms with Gasteiger partial charge in [0.15, 0.2) is 0 Å². The molecule has 0 atom stereocenters. The van der Waals surface area contributed by atoms with Gasteiger partial charge in [-0.2, -0.15) is 0 Å². The van der Waals surface area contributed by atoms with Crippen molar-refractivity contribution in [1.82, 2.24) is 4.90 Å². The Kier molecular flexibility index (Phi) is 10.2. The smallest absolute Gasteiger partial charge is 0.410 e. The van der Waals surface area contributed by atoms with Crippen LogP contribution in [-0.4, -0.2) is 67.8 Å². The molecule has 3 aromatic rings. The summed E-state index contributed by atoms with van der Waals surface area (Å²) in [5.74, 6) is 0.552. The van der Waals surface area contributed by atoms with Crippen LogP contribution in [0.3, 0.4) is 0 Å². The van der Waals surface area contributed by atoms with Crippen molar-refractivity contribution < 1.29 is 37.3 Å². The third kappa shape index (κ3) is 9.23. The van der Waals surface area contributed by atoms with Crippen LogP contribution in [0.25, 0.3) is 11.1 Å². The minimum absolute atomic E-state index is 0.0889. The number of aliphatic carboxylic acids is 1. The molecule has 1 aliphatic rings. The van der Waals surface area contributed by atoms with Gasteiger partial charge in [0, 0.05) is 24.8 Å². The lowest BCUT2D eigenvalue weighted by atomic mass is 9.71. The summed E-state index contributed by atoms with van der Waals surface area (Å²) >= 11 is 0. The number of carboxylic acid groups (broad SMARTS) is 1. The summed E-state index contributed by atoms with van der Waals surface area (Å²) < 4.78 is 40.1. The quantitative estimate of drug-likeness (QED) is 0.229. The van der Waals surface area contributed by atoms with Gasteiger partial charge in [0.2, 0.25) is 0 Å². The number of amides is 1. The van der Waals surface area contributed by atoms with Crippen molar-refractivity contribution in [2.45, 2.75) is 65.1 Å². The van der Waals surface area contributed by atoms with E-state index >= 15 is 0 Å². The number of hydrogen-bond donors (Lipinski definition) is 1. The number of rotatable bonds is 12. The summed E-state index contributed by atoms with van der Waals surface area (Å²) in [6, 6.07) is 19.5. The van der Waals surface area contributed by atoms with Gasteiger partial charge in [-0.05, 0) is 105 Å². The van der Waals surface area contributed by atoms with Crippen LogP contribution in [0.5, 0.6) is 11.5 Å². The van der Waals surface area contributed by atoms with Gasteiger partial charge in [0.25, 0.3) is 0 Å². The van der Waals surface area contributed by atoms with Gasteiger partial charge in [0.1, 0.15) is 33.5 Å². The van der Waals surface area contributed by atoms with Crippen LogP contribution < -0.4 is 9.47 Å². The van der Waals surface area contributed by atoms with Crippen molar-refractivity contribution in [3.63, 3.8) is 0 Å². The molecule has 0 aliphatic carbocycles. The molecule has 0 unspecified atom stereocenters. The number of aryl methyl sites for hydroxylation is 2. The van der Waals surface area contributed by atoms with Gasteiger partial charge in [-0.1, -0.05) is 30.3 Å². The van der Waals surface area contributed by atoms with Crippen LogP contribution >= 0.6 is 0 Å². The zero-order valence-electron chi connectivity index (χ0n) is 26.9. The first-order valence-electron chi connectivity index (χ1n) is 15.0. The van der Waals surface area contributed by atoms with E-state index in [1.54, 1.807) is 20.8 Å². The number of sulfone groups is 1. The van der Waals surface area contributed by atoms with Crippen molar-refractivity contribution >= 4 is 21.9 Å². The number of nitrogens with zero attached hydrogens (tertiary/aromatic N) is 1. The van der Waals surface area contributed by atoms with Gasteiger partial charge in [0.05, 0.1) is 18.8 Å². The van der Waals surface area contributed by atoms with E-state index in [-0.39, 0.29) is 25.3 Å². The van der Waals surface area contributed by atoms with Crippen LogP contribution in [0.15, 0.2) is 60.7 Å². The Morgan fingerprint density at radius 2 is 1.58 bits per heavy atom. The van der Waals surface area contributed by atoms with E-state index in [2.05, 4.69) is 12.1 Å². The van der Waals surface area contributed by atoms with Gasteiger partial charge >= 0.3 is 12.1 Å². The zero-order valence-corrected chi connectivity index (χ0v) is 27.7. The molecule has 0 spiro atoms. The molecular formula is C35H43NO8S. The summed E-state index contributed by atoms with van der Waals surface area (Å²) in [5.41, 5.74) is 4.80. The molecule has 0 bridgehead atoms. The second-order valence-corrected chi connectivity index (χ2v) is 15.2. The average Bonchev–Trinajstić information content (AvgIpc) is 2.90.